The van der Waals surface area contributed by atoms with E-state index in [-0.39, 0.29) is 36.4 Å². The summed E-state index contributed by atoms with van der Waals surface area (Å²) in [5.41, 5.74) is 1.05. The molecule has 0 heterocycles. The second-order valence-electron chi connectivity index (χ2n) is 7.24. The summed E-state index contributed by atoms with van der Waals surface area (Å²) in [6.45, 7) is 2.18. The van der Waals surface area contributed by atoms with Crippen molar-refractivity contribution in [2.75, 3.05) is 6.61 Å². The molecule has 1 saturated carbocycles. The monoisotopic (exact) mass is 390 g/mol. The molecule has 28 heavy (non-hydrogen) atoms. The average Bonchev–Trinajstić information content (AvgIpc) is 2.67. The van der Waals surface area contributed by atoms with Crippen LogP contribution in [0.5, 0.6) is 0 Å². The second kappa shape index (κ2) is 11.3. The number of carbonyl (C=O) groups is 3. The summed E-state index contributed by atoms with van der Waals surface area (Å²) in [6.07, 6.45) is 3.82. The van der Waals surface area contributed by atoms with Gasteiger partial charge in [-0.05, 0) is 51.0 Å². The van der Waals surface area contributed by atoms with Gasteiger partial charge in [0.2, 0.25) is 0 Å². The summed E-state index contributed by atoms with van der Waals surface area (Å²) in [5.74, 6) is -1.11. The van der Waals surface area contributed by atoms with E-state index >= 15 is 0 Å². The van der Waals surface area contributed by atoms with Crippen molar-refractivity contribution in [2.45, 2.75) is 64.0 Å². The van der Waals surface area contributed by atoms with Crippen LogP contribution in [-0.4, -0.2) is 41.8 Å². The fourth-order valence-corrected chi connectivity index (χ4v) is 3.57. The van der Waals surface area contributed by atoms with Gasteiger partial charge in [0.25, 0.3) is 0 Å². The number of amides is 2. The molecule has 1 fully saturated rings. The van der Waals surface area contributed by atoms with E-state index in [0.717, 1.165) is 18.4 Å². The first kappa shape index (κ1) is 21.7. The Morgan fingerprint density at radius 2 is 1.82 bits per heavy atom. The zero-order valence-corrected chi connectivity index (χ0v) is 16.4. The molecular weight excluding hydrogens is 360 g/mol. The fourth-order valence-electron chi connectivity index (χ4n) is 3.57. The number of carboxylic acid groups (broad SMARTS) is 1. The van der Waals surface area contributed by atoms with Crippen LogP contribution in [0, 0.1) is 5.92 Å². The summed E-state index contributed by atoms with van der Waals surface area (Å²) in [4.78, 5) is 35.1. The molecule has 0 aromatic heterocycles. The van der Waals surface area contributed by atoms with E-state index in [1.54, 1.807) is 6.92 Å². The number of carbonyl (C=O) groups excluding carboxylic acids is 2. The number of nitrogens with one attached hydrogen (secondary N) is 2. The number of benzene rings is 1. The molecule has 1 aromatic carbocycles. The first-order valence-electron chi connectivity index (χ1n) is 9.97. The SMILES string of the molecule is CCOC(=O)C1CCC(NC(=O)NC(CCC(=O)O)Cc2ccccc2)CC1. The number of urea groups is 1. The van der Waals surface area contributed by atoms with Gasteiger partial charge in [-0.1, -0.05) is 30.3 Å². The van der Waals surface area contributed by atoms with Gasteiger partial charge in [0, 0.05) is 18.5 Å². The molecule has 154 valence electrons. The number of aliphatic carboxylic acids is 1. The predicted molar refractivity (Wildman–Crippen MR) is 105 cm³/mol. The van der Waals surface area contributed by atoms with Crippen LogP contribution in [0.2, 0.25) is 0 Å². The van der Waals surface area contributed by atoms with Gasteiger partial charge >= 0.3 is 18.0 Å². The lowest BCUT2D eigenvalue weighted by atomic mass is 9.86. The van der Waals surface area contributed by atoms with E-state index in [2.05, 4.69) is 10.6 Å². The lowest BCUT2D eigenvalue weighted by molar-refractivity contribution is -0.149. The zero-order chi connectivity index (χ0) is 20.4. The van der Waals surface area contributed by atoms with Crippen molar-refractivity contribution in [1.82, 2.24) is 10.6 Å². The number of rotatable bonds is 9. The molecule has 7 heteroatoms. The third kappa shape index (κ3) is 7.58. The summed E-state index contributed by atoms with van der Waals surface area (Å²) in [5, 5.41) is 14.8. The highest BCUT2D eigenvalue weighted by Gasteiger charge is 2.28. The molecule has 0 radical (unpaired) electrons. The Hall–Kier alpha value is -2.57. The van der Waals surface area contributed by atoms with Crippen LogP contribution < -0.4 is 10.6 Å². The highest BCUT2D eigenvalue weighted by Crippen LogP contribution is 2.25. The van der Waals surface area contributed by atoms with Crippen LogP contribution in [0.15, 0.2) is 30.3 Å². The topological polar surface area (TPSA) is 105 Å². The van der Waals surface area contributed by atoms with Crippen LogP contribution in [0.4, 0.5) is 4.79 Å². The Morgan fingerprint density at radius 1 is 1.14 bits per heavy atom. The van der Waals surface area contributed by atoms with Gasteiger partial charge in [0.05, 0.1) is 12.5 Å². The smallest absolute Gasteiger partial charge is 0.315 e. The van der Waals surface area contributed by atoms with Crippen LogP contribution in [0.25, 0.3) is 0 Å². The third-order valence-corrected chi connectivity index (χ3v) is 5.05. The maximum atomic E-state index is 12.4. The molecule has 2 rings (SSSR count). The average molecular weight is 390 g/mol. The number of hydrogen-bond donors (Lipinski definition) is 3. The molecule has 2 amide bonds. The second-order valence-corrected chi connectivity index (χ2v) is 7.24. The quantitative estimate of drug-likeness (QED) is 0.563. The molecule has 7 nitrogen and oxygen atoms in total. The Morgan fingerprint density at radius 3 is 2.43 bits per heavy atom. The van der Waals surface area contributed by atoms with E-state index in [1.165, 1.54) is 0 Å². The largest absolute Gasteiger partial charge is 0.481 e. The summed E-state index contributed by atoms with van der Waals surface area (Å²) >= 11 is 0. The van der Waals surface area contributed by atoms with Gasteiger partial charge in [-0.3, -0.25) is 9.59 Å². The minimum Gasteiger partial charge on any atom is -0.481 e. The van der Waals surface area contributed by atoms with Gasteiger partial charge in [-0.15, -0.1) is 0 Å². The normalized spacial score (nSPS) is 20.0. The highest BCUT2D eigenvalue weighted by atomic mass is 16.5. The Bertz CT molecular complexity index is 641. The summed E-state index contributed by atoms with van der Waals surface area (Å²) in [7, 11) is 0. The molecule has 0 bridgehead atoms. The lowest BCUT2D eigenvalue weighted by Gasteiger charge is -2.28. The zero-order valence-electron chi connectivity index (χ0n) is 16.4. The lowest BCUT2D eigenvalue weighted by Crippen LogP contribution is -2.48. The van der Waals surface area contributed by atoms with Crippen molar-refractivity contribution in [3.8, 4) is 0 Å². The Balaban J connectivity index is 1.82. The van der Waals surface area contributed by atoms with Crippen molar-refractivity contribution in [3.63, 3.8) is 0 Å². The van der Waals surface area contributed by atoms with E-state index in [4.69, 9.17) is 9.84 Å². The molecule has 0 aliphatic heterocycles. The summed E-state index contributed by atoms with van der Waals surface area (Å²) in [6, 6.07) is 9.16. The first-order valence-corrected chi connectivity index (χ1v) is 9.97. The van der Waals surface area contributed by atoms with Crippen LogP contribution in [0.3, 0.4) is 0 Å². The summed E-state index contributed by atoms with van der Waals surface area (Å²) < 4.78 is 5.07. The van der Waals surface area contributed by atoms with Gasteiger partial charge < -0.3 is 20.5 Å². The van der Waals surface area contributed by atoms with Gasteiger partial charge in [0.15, 0.2) is 0 Å². The van der Waals surface area contributed by atoms with Crippen molar-refractivity contribution in [2.24, 2.45) is 5.92 Å². The fraction of sp³-hybridized carbons (Fsp3) is 0.571. The Labute approximate surface area is 165 Å². The third-order valence-electron chi connectivity index (χ3n) is 5.05. The standard InChI is InChI=1S/C21H30N2O5/c1-2-28-20(26)16-8-10-17(11-9-16)22-21(27)23-18(12-13-19(24)25)14-15-6-4-3-5-7-15/h3-7,16-18H,2,8-14H2,1H3,(H,24,25)(H2,22,23,27). The molecule has 1 aliphatic rings. The molecule has 1 unspecified atom stereocenters. The van der Waals surface area contributed by atoms with E-state index < -0.39 is 5.97 Å². The van der Waals surface area contributed by atoms with Gasteiger partial charge in [-0.25, -0.2) is 4.79 Å². The van der Waals surface area contributed by atoms with Gasteiger partial charge in [-0.2, -0.15) is 0 Å². The minimum atomic E-state index is -0.877. The molecule has 1 aliphatic carbocycles. The van der Waals surface area contributed by atoms with E-state index in [0.29, 0.717) is 32.3 Å². The number of esters is 1. The molecule has 1 aromatic rings. The first-order chi connectivity index (χ1) is 13.5. The van der Waals surface area contributed by atoms with E-state index in [9.17, 15) is 14.4 Å². The van der Waals surface area contributed by atoms with Crippen LogP contribution >= 0.6 is 0 Å². The molecule has 3 N–H and O–H groups in total. The van der Waals surface area contributed by atoms with Crippen molar-refractivity contribution in [1.29, 1.82) is 0 Å². The van der Waals surface area contributed by atoms with Crippen LogP contribution in [0.1, 0.15) is 51.0 Å². The van der Waals surface area contributed by atoms with Gasteiger partial charge in [0.1, 0.15) is 0 Å². The Kier molecular flexibility index (Phi) is 8.78. The maximum absolute atomic E-state index is 12.4. The van der Waals surface area contributed by atoms with E-state index in [1.807, 2.05) is 30.3 Å². The predicted octanol–water partition coefficient (Wildman–Crippen LogP) is 2.88. The van der Waals surface area contributed by atoms with Crippen molar-refractivity contribution in [3.05, 3.63) is 35.9 Å². The molecule has 0 spiro atoms. The van der Waals surface area contributed by atoms with Crippen molar-refractivity contribution >= 4 is 18.0 Å². The number of hydrogen-bond acceptors (Lipinski definition) is 4. The highest BCUT2D eigenvalue weighted by molar-refractivity contribution is 5.75. The maximum Gasteiger partial charge on any atom is 0.315 e. The molecular formula is C21H30N2O5. The number of carboxylic acids is 1. The van der Waals surface area contributed by atoms with Crippen LogP contribution in [-0.2, 0) is 20.7 Å². The van der Waals surface area contributed by atoms with Crippen molar-refractivity contribution < 1.29 is 24.2 Å². The molecule has 1 atom stereocenters. The minimum absolute atomic E-state index is 0.00241. The number of ether oxygens (including phenoxy) is 1. The molecule has 0 saturated heterocycles.